The van der Waals surface area contributed by atoms with E-state index < -0.39 is 0 Å². The molecule has 0 radical (unpaired) electrons. The minimum Gasteiger partial charge on any atom is -0.391 e. The van der Waals surface area contributed by atoms with Crippen molar-refractivity contribution in [2.24, 2.45) is 5.16 Å². The molecule has 0 spiro atoms. The lowest BCUT2D eigenvalue weighted by molar-refractivity contribution is 0.129. The van der Waals surface area contributed by atoms with Crippen molar-refractivity contribution in [1.29, 1.82) is 0 Å². The second-order valence-electron chi connectivity index (χ2n) is 3.51. The van der Waals surface area contributed by atoms with Crippen molar-refractivity contribution in [2.45, 2.75) is 6.61 Å². The maximum absolute atomic E-state index is 13.2. The molecule has 0 fully saturated rings. The molecule has 2 rings (SSSR count). The van der Waals surface area contributed by atoms with Gasteiger partial charge in [-0.1, -0.05) is 53.7 Å². The summed E-state index contributed by atoms with van der Waals surface area (Å²) in [4.78, 5) is 5.03. The van der Waals surface area contributed by atoms with Gasteiger partial charge in [-0.3, -0.25) is 0 Å². The quantitative estimate of drug-likeness (QED) is 0.581. The number of nitrogens with zero attached hydrogens (tertiary/aromatic N) is 1. The highest BCUT2D eigenvalue weighted by molar-refractivity contribution is 5.78. The van der Waals surface area contributed by atoms with Crippen LogP contribution in [0.5, 0.6) is 0 Å². The molecule has 2 nitrogen and oxygen atoms in total. The molecule has 0 unspecified atom stereocenters. The zero-order valence-electron chi connectivity index (χ0n) is 9.21. The lowest BCUT2D eigenvalue weighted by atomic mass is 10.2. The molecular formula is C14H12FNO. The molecule has 0 amide bonds. The van der Waals surface area contributed by atoms with Gasteiger partial charge in [-0.2, -0.15) is 0 Å². The molecule has 0 aliphatic rings. The minimum atomic E-state index is -0.276. The summed E-state index contributed by atoms with van der Waals surface area (Å²) in [6.07, 6.45) is 1.60. The fourth-order valence-corrected chi connectivity index (χ4v) is 1.36. The Bertz CT molecular complexity index is 497. The molecule has 17 heavy (non-hydrogen) atoms. The molecule has 0 bridgehead atoms. The average molecular weight is 229 g/mol. The Labute approximate surface area is 99.3 Å². The van der Waals surface area contributed by atoms with Crippen LogP contribution in [0.3, 0.4) is 0 Å². The van der Waals surface area contributed by atoms with Crippen molar-refractivity contribution in [3.63, 3.8) is 0 Å². The zero-order chi connectivity index (χ0) is 11.9. The summed E-state index contributed by atoms with van der Waals surface area (Å²) in [6.45, 7) is 0.135. The standard InChI is InChI=1S/C14H12FNO/c15-14-9-5-4-8-13(14)11-17-16-10-12-6-2-1-3-7-12/h1-10H,11H2. The monoisotopic (exact) mass is 229 g/mol. The molecule has 0 aliphatic heterocycles. The van der Waals surface area contributed by atoms with Crippen molar-refractivity contribution in [3.8, 4) is 0 Å². The molecular weight excluding hydrogens is 217 g/mol. The van der Waals surface area contributed by atoms with E-state index in [1.165, 1.54) is 6.07 Å². The van der Waals surface area contributed by atoms with Gasteiger partial charge >= 0.3 is 0 Å². The summed E-state index contributed by atoms with van der Waals surface area (Å²) < 4.78 is 13.2. The van der Waals surface area contributed by atoms with E-state index in [9.17, 15) is 4.39 Å². The first kappa shape index (κ1) is 11.3. The van der Waals surface area contributed by atoms with Crippen molar-refractivity contribution in [1.82, 2.24) is 0 Å². The Hall–Kier alpha value is -2.16. The number of hydrogen-bond acceptors (Lipinski definition) is 2. The van der Waals surface area contributed by atoms with E-state index in [-0.39, 0.29) is 12.4 Å². The Morgan fingerprint density at radius 3 is 2.47 bits per heavy atom. The molecule has 0 aromatic heterocycles. The molecule has 2 aromatic carbocycles. The Morgan fingerprint density at radius 1 is 1.00 bits per heavy atom. The highest BCUT2D eigenvalue weighted by atomic mass is 19.1. The second-order valence-corrected chi connectivity index (χ2v) is 3.51. The first-order valence-electron chi connectivity index (χ1n) is 5.30. The molecule has 86 valence electrons. The third kappa shape index (κ3) is 3.41. The summed E-state index contributed by atoms with van der Waals surface area (Å²) in [5.41, 5.74) is 1.44. The van der Waals surface area contributed by atoms with Gasteiger partial charge in [-0.25, -0.2) is 4.39 Å². The van der Waals surface area contributed by atoms with Crippen LogP contribution >= 0.6 is 0 Å². The molecule has 0 heterocycles. The minimum absolute atomic E-state index is 0.135. The van der Waals surface area contributed by atoms with Crippen LogP contribution in [-0.4, -0.2) is 6.21 Å². The lowest BCUT2D eigenvalue weighted by Gasteiger charge is -2.00. The number of halogens is 1. The molecule has 2 aromatic rings. The number of hydrogen-bond donors (Lipinski definition) is 0. The van der Waals surface area contributed by atoms with Crippen LogP contribution in [0.2, 0.25) is 0 Å². The van der Waals surface area contributed by atoms with Crippen LogP contribution in [0.15, 0.2) is 59.8 Å². The van der Waals surface area contributed by atoms with Gasteiger partial charge in [-0.15, -0.1) is 0 Å². The van der Waals surface area contributed by atoms with Gasteiger partial charge in [0.1, 0.15) is 12.4 Å². The number of oxime groups is 1. The zero-order valence-corrected chi connectivity index (χ0v) is 9.21. The van der Waals surface area contributed by atoms with E-state index in [0.29, 0.717) is 5.56 Å². The van der Waals surface area contributed by atoms with Gasteiger partial charge < -0.3 is 4.84 Å². The largest absolute Gasteiger partial charge is 0.391 e. The van der Waals surface area contributed by atoms with E-state index in [4.69, 9.17) is 4.84 Å². The maximum atomic E-state index is 13.2. The average Bonchev–Trinajstić information content (AvgIpc) is 2.38. The van der Waals surface area contributed by atoms with Crippen molar-refractivity contribution in [3.05, 3.63) is 71.5 Å². The fraction of sp³-hybridized carbons (Fsp3) is 0.0714. The van der Waals surface area contributed by atoms with Gasteiger partial charge in [-0.05, 0) is 11.6 Å². The second kappa shape index (κ2) is 5.80. The van der Waals surface area contributed by atoms with Crippen LogP contribution in [0.1, 0.15) is 11.1 Å². The highest BCUT2D eigenvalue weighted by Gasteiger charge is 1.99. The lowest BCUT2D eigenvalue weighted by Crippen LogP contribution is -1.91. The van der Waals surface area contributed by atoms with Crippen molar-refractivity contribution >= 4 is 6.21 Å². The summed E-state index contributed by atoms with van der Waals surface area (Å²) >= 11 is 0. The van der Waals surface area contributed by atoms with E-state index in [1.807, 2.05) is 30.3 Å². The van der Waals surface area contributed by atoms with E-state index in [1.54, 1.807) is 24.4 Å². The van der Waals surface area contributed by atoms with Crippen LogP contribution in [0.25, 0.3) is 0 Å². The van der Waals surface area contributed by atoms with E-state index >= 15 is 0 Å². The first-order chi connectivity index (χ1) is 8.36. The van der Waals surface area contributed by atoms with Gasteiger partial charge in [0.15, 0.2) is 0 Å². The highest BCUT2D eigenvalue weighted by Crippen LogP contribution is 2.07. The van der Waals surface area contributed by atoms with Crippen molar-refractivity contribution < 1.29 is 9.23 Å². The van der Waals surface area contributed by atoms with Crippen LogP contribution in [0, 0.1) is 5.82 Å². The smallest absolute Gasteiger partial charge is 0.145 e. The van der Waals surface area contributed by atoms with Crippen LogP contribution in [-0.2, 0) is 11.4 Å². The first-order valence-corrected chi connectivity index (χ1v) is 5.30. The maximum Gasteiger partial charge on any atom is 0.145 e. The predicted octanol–water partition coefficient (Wildman–Crippen LogP) is 3.38. The Kier molecular flexibility index (Phi) is 3.86. The van der Waals surface area contributed by atoms with Crippen LogP contribution < -0.4 is 0 Å². The predicted molar refractivity (Wildman–Crippen MR) is 65.2 cm³/mol. The Balaban J connectivity index is 1.88. The van der Waals surface area contributed by atoms with Gasteiger partial charge in [0.05, 0.1) is 6.21 Å². The molecule has 0 saturated carbocycles. The summed E-state index contributed by atoms with van der Waals surface area (Å²) in [7, 11) is 0. The number of rotatable bonds is 4. The SMILES string of the molecule is Fc1ccccc1CON=Cc1ccccc1. The normalized spacial score (nSPS) is 10.6. The van der Waals surface area contributed by atoms with Crippen molar-refractivity contribution in [2.75, 3.05) is 0 Å². The summed E-state index contributed by atoms with van der Waals surface area (Å²) in [6, 6.07) is 16.1. The van der Waals surface area contributed by atoms with E-state index in [2.05, 4.69) is 5.16 Å². The Morgan fingerprint density at radius 2 is 1.71 bits per heavy atom. The summed E-state index contributed by atoms with van der Waals surface area (Å²) in [5, 5.41) is 3.79. The van der Waals surface area contributed by atoms with Gasteiger partial charge in [0.25, 0.3) is 0 Å². The number of benzene rings is 2. The van der Waals surface area contributed by atoms with Gasteiger partial charge in [0.2, 0.25) is 0 Å². The van der Waals surface area contributed by atoms with Gasteiger partial charge in [0, 0.05) is 5.56 Å². The van der Waals surface area contributed by atoms with Crippen LogP contribution in [0.4, 0.5) is 4.39 Å². The molecule has 0 aliphatic carbocycles. The fourth-order valence-electron chi connectivity index (χ4n) is 1.36. The third-order valence-electron chi connectivity index (χ3n) is 2.25. The molecule has 3 heteroatoms. The van der Waals surface area contributed by atoms with E-state index in [0.717, 1.165) is 5.56 Å². The topological polar surface area (TPSA) is 21.6 Å². The molecule has 0 N–H and O–H groups in total. The summed E-state index contributed by atoms with van der Waals surface area (Å²) in [5.74, 6) is -0.276. The molecule has 0 atom stereocenters. The third-order valence-corrected chi connectivity index (χ3v) is 2.25. The molecule has 0 saturated heterocycles.